The number of rotatable bonds is 9. The minimum absolute atomic E-state index is 0.0552. The van der Waals surface area contributed by atoms with Crippen LogP contribution < -0.4 is 10.6 Å². The molecule has 202 valence electrons. The van der Waals surface area contributed by atoms with Crippen LogP contribution in [0.4, 0.5) is 0 Å². The van der Waals surface area contributed by atoms with Crippen LogP contribution in [0.25, 0.3) is 11.3 Å². The maximum absolute atomic E-state index is 13.2. The second kappa shape index (κ2) is 10.6. The fourth-order valence-electron chi connectivity index (χ4n) is 5.45. The van der Waals surface area contributed by atoms with Crippen LogP contribution in [0.3, 0.4) is 0 Å². The third-order valence-corrected chi connectivity index (χ3v) is 8.07. The number of amides is 2. The van der Waals surface area contributed by atoms with Gasteiger partial charge in [-0.2, -0.15) is 0 Å². The number of nitrogens with zero attached hydrogens (tertiary/aromatic N) is 1. The molecule has 0 bridgehead atoms. The summed E-state index contributed by atoms with van der Waals surface area (Å²) >= 11 is 0. The minimum Gasteiger partial charge on any atom is -0.389 e. The SMILES string of the molecule is Cc1c(C(=O)NCC(C)(C)O)cc(-c2cc(C(=O)NC(C)C)cc(C3(C)CC3)c2)n1CC1CCCCC1. The molecule has 0 radical (unpaired) electrons. The van der Waals surface area contributed by atoms with Crippen LogP contribution in [0.1, 0.15) is 112 Å². The maximum atomic E-state index is 13.2. The Morgan fingerprint density at radius 1 is 1.08 bits per heavy atom. The lowest BCUT2D eigenvalue weighted by Gasteiger charge is -2.25. The molecule has 2 aliphatic rings. The topological polar surface area (TPSA) is 83.4 Å². The van der Waals surface area contributed by atoms with Gasteiger partial charge < -0.3 is 20.3 Å². The molecule has 6 nitrogen and oxygen atoms in total. The van der Waals surface area contributed by atoms with Gasteiger partial charge in [0.2, 0.25) is 0 Å². The van der Waals surface area contributed by atoms with Gasteiger partial charge in [0, 0.05) is 36.1 Å². The molecule has 0 saturated heterocycles. The normalized spacial score (nSPS) is 17.6. The largest absolute Gasteiger partial charge is 0.389 e. The van der Waals surface area contributed by atoms with E-state index in [0.29, 0.717) is 17.0 Å². The molecule has 4 rings (SSSR count). The average Bonchev–Trinajstić information content (AvgIpc) is 3.51. The number of hydrogen-bond acceptors (Lipinski definition) is 3. The molecule has 2 fully saturated rings. The van der Waals surface area contributed by atoms with Crippen LogP contribution in [-0.2, 0) is 12.0 Å². The van der Waals surface area contributed by atoms with Gasteiger partial charge in [0.25, 0.3) is 11.8 Å². The standard InChI is InChI=1S/C31H45N3O3/c1-20(2)33-28(35)24-14-23(15-25(16-24)31(6)12-13-31)27-17-26(29(36)32-19-30(4,5)37)21(3)34(27)18-22-10-8-7-9-11-22/h14-17,20,22,37H,7-13,18-19H2,1-6H3,(H,32,36)(H,33,35). The summed E-state index contributed by atoms with van der Waals surface area (Å²) in [6, 6.07) is 8.30. The Balaban J connectivity index is 1.79. The zero-order valence-corrected chi connectivity index (χ0v) is 23.5. The Kier molecular flexibility index (Phi) is 7.89. The zero-order chi connectivity index (χ0) is 27.0. The summed E-state index contributed by atoms with van der Waals surface area (Å²) in [7, 11) is 0. The Morgan fingerprint density at radius 2 is 1.76 bits per heavy atom. The van der Waals surface area contributed by atoms with Crippen molar-refractivity contribution in [1.29, 1.82) is 0 Å². The van der Waals surface area contributed by atoms with E-state index < -0.39 is 5.60 Å². The van der Waals surface area contributed by atoms with Crippen molar-refractivity contribution in [3.63, 3.8) is 0 Å². The average molecular weight is 508 g/mol. The summed E-state index contributed by atoms with van der Waals surface area (Å²) in [5.74, 6) is 0.345. The van der Waals surface area contributed by atoms with E-state index in [1.807, 2.05) is 39.0 Å². The van der Waals surface area contributed by atoms with E-state index in [1.165, 1.54) is 37.7 Å². The van der Waals surface area contributed by atoms with E-state index in [0.717, 1.165) is 36.3 Å². The Hall–Kier alpha value is -2.60. The molecule has 1 heterocycles. The Bertz CT molecular complexity index is 1150. The second-order valence-corrected chi connectivity index (χ2v) is 12.6. The summed E-state index contributed by atoms with van der Waals surface area (Å²) < 4.78 is 2.30. The monoisotopic (exact) mass is 507 g/mol. The van der Waals surface area contributed by atoms with Crippen molar-refractivity contribution in [3.05, 3.63) is 46.6 Å². The highest BCUT2D eigenvalue weighted by Gasteiger charge is 2.39. The number of hydrogen-bond donors (Lipinski definition) is 3. The molecule has 2 aromatic rings. The molecule has 0 atom stereocenters. The molecule has 2 saturated carbocycles. The first-order chi connectivity index (χ1) is 17.4. The highest BCUT2D eigenvalue weighted by atomic mass is 16.3. The number of carbonyl (C=O) groups is 2. The summed E-state index contributed by atoms with van der Waals surface area (Å²) in [5.41, 5.74) is 4.52. The number of nitrogens with one attached hydrogen (secondary N) is 2. The van der Waals surface area contributed by atoms with E-state index in [4.69, 9.17) is 0 Å². The van der Waals surface area contributed by atoms with Gasteiger partial charge in [-0.25, -0.2) is 0 Å². The van der Waals surface area contributed by atoms with Crippen LogP contribution in [0.2, 0.25) is 0 Å². The molecular formula is C31H45N3O3. The molecule has 0 spiro atoms. The van der Waals surface area contributed by atoms with Gasteiger partial charge in [-0.05, 0) is 107 Å². The molecule has 2 aliphatic carbocycles. The van der Waals surface area contributed by atoms with Crippen molar-refractivity contribution in [1.82, 2.24) is 15.2 Å². The summed E-state index contributed by atoms with van der Waals surface area (Å²) in [6.45, 7) is 12.7. The molecule has 3 N–H and O–H groups in total. The first kappa shape index (κ1) is 27.4. The van der Waals surface area contributed by atoms with Gasteiger partial charge in [0.1, 0.15) is 0 Å². The molecule has 1 aromatic heterocycles. The summed E-state index contributed by atoms with van der Waals surface area (Å²) in [6.07, 6.45) is 8.46. The van der Waals surface area contributed by atoms with E-state index in [2.05, 4.69) is 28.2 Å². The number of benzene rings is 1. The van der Waals surface area contributed by atoms with Crippen molar-refractivity contribution >= 4 is 11.8 Å². The Labute approximate surface area is 222 Å². The van der Waals surface area contributed by atoms with E-state index >= 15 is 0 Å². The van der Waals surface area contributed by atoms with Crippen molar-refractivity contribution in [3.8, 4) is 11.3 Å². The zero-order valence-electron chi connectivity index (χ0n) is 23.5. The first-order valence-electron chi connectivity index (χ1n) is 14.0. The van der Waals surface area contributed by atoms with Gasteiger partial charge in [-0.1, -0.05) is 26.2 Å². The van der Waals surface area contributed by atoms with Crippen LogP contribution in [0.5, 0.6) is 0 Å². The summed E-state index contributed by atoms with van der Waals surface area (Å²) in [4.78, 5) is 26.3. The first-order valence-corrected chi connectivity index (χ1v) is 14.0. The lowest BCUT2D eigenvalue weighted by molar-refractivity contribution is 0.0694. The molecule has 1 aromatic carbocycles. The van der Waals surface area contributed by atoms with Gasteiger partial charge >= 0.3 is 0 Å². The number of aromatic nitrogens is 1. The van der Waals surface area contributed by atoms with E-state index in [1.54, 1.807) is 13.8 Å². The molecule has 37 heavy (non-hydrogen) atoms. The lowest BCUT2D eigenvalue weighted by Crippen LogP contribution is -2.38. The quantitative estimate of drug-likeness (QED) is 0.405. The molecule has 6 heteroatoms. The van der Waals surface area contributed by atoms with E-state index in [-0.39, 0.29) is 29.8 Å². The smallest absolute Gasteiger partial charge is 0.253 e. The fraction of sp³-hybridized carbons (Fsp3) is 0.613. The Morgan fingerprint density at radius 3 is 2.35 bits per heavy atom. The van der Waals surface area contributed by atoms with Gasteiger partial charge in [-0.15, -0.1) is 0 Å². The second-order valence-electron chi connectivity index (χ2n) is 12.6. The third kappa shape index (κ3) is 6.64. The van der Waals surface area contributed by atoms with E-state index in [9.17, 15) is 14.7 Å². The number of aliphatic hydroxyl groups is 1. The highest BCUT2D eigenvalue weighted by molar-refractivity contribution is 5.98. The molecular weight excluding hydrogens is 462 g/mol. The lowest BCUT2D eigenvalue weighted by atomic mass is 9.89. The van der Waals surface area contributed by atoms with Gasteiger partial charge in [0.15, 0.2) is 0 Å². The minimum atomic E-state index is -0.982. The van der Waals surface area contributed by atoms with Crippen LogP contribution >= 0.6 is 0 Å². The van der Waals surface area contributed by atoms with Crippen molar-refractivity contribution in [2.45, 2.75) is 110 Å². The van der Waals surface area contributed by atoms with Crippen LogP contribution in [0.15, 0.2) is 24.3 Å². The predicted octanol–water partition coefficient (Wildman–Crippen LogP) is 5.73. The molecule has 0 aliphatic heterocycles. The highest BCUT2D eigenvalue weighted by Crippen LogP contribution is 2.48. The van der Waals surface area contributed by atoms with Gasteiger partial charge in [-0.3, -0.25) is 9.59 Å². The van der Waals surface area contributed by atoms with Crippen LogP contribution in [-0.4, -0.2) is 39.7 Å². The molecule has 2 amide bonds. The third-order valence-electron chi connectivity index (χ3n) is 8.07. The predicted molar refractivity (Wildman–Crippen MR) is 149 cm³/mol. The van der Waals surface area contributed by atoms with Gasteiger partial charge in [0.05, 0.1) is 11.2 Å². The number of carbonyl (C=O) groups excluding carboxylic acids is 2. The van der Waals surface area contributed by atoms with Crippen LogP contribution in [0, 0.1) is 12.8 Å². The fourth-order valence-corrected chi connectivity index (χ4v) is 5.45. The van der Waals surface area contributed by atoms with Crippen molar-refractivity contribution in [2.24, 2.45) is 5.92 Å². The van der Waals surface area contributed by atoms with Crippen molar-refractivity contribution in [2.75, 3.05) is 6.54 Å². The molecule has 0 unspecified atom stereocenters. The summed E-state index contributed by atoms with van der Waals surface area (Å²) in [5, 5.41) is 16.1. The maximum Gasteiger partial charge on any atom is 0.253 e. The van der Waals surface area contributed by atoms with Crippen molar-refractivity contribution < 1.29 is 14.7 Å².